The summed E-state index contributed by atoms with van der Waals surface area (Å²) in [4.78, 5) is 23.1. The van der Waals surface area contributed by atoms with Crippen molar-refractivity contribution in [1.82, 2.24) is 15.4 Å². The molecule has 2 aromatic rings. The second-order valence-corrected chi connectivity index (χ2v) is 5.05. The summed E-state index contributed by atoms with van der Waals surface area (Å²) < 4.78 is 20.9. The number of carboxylic acid groups (broad SMARTS) is 1. The minimum Gasteiger partial charge on any atom is -0.493 e. The monoisotopic (exact) mass is 365 g/mol. The first-order valence-electron chi connectivity index (χ1n) is 7.66. The fraction of sp³-hybridized carbons (Fsp3) is 0.375. The third-order valence-electron chi connectivity index (χ3n) is 3.39. The molecule has 0 radical (unpaired) electrons. The zero-order valence-electron chi connectivity index (χ0n) is 14.7. The third-order valence-corrected chi connectivity index (χ3v) is 3.39. The number of nitrogens with one attached hydrogen (secondary N) is 1. The van der Waals surface area contributed by atoms with Crippen molar-refractivity contribution in [3.63, 3.8) is 0 Å². The van der Waals surface area contributed by atoms with Crippen molar-refractivity contribution in [2.24, 2.45) is 0 Å². The second kappa shape index (κ2) is 8.19. The molecule has 0 aliphatic heterocycles. The van der Waals surface area contributed by atoms with E-state index in [-0.39, 0.29) is 35.2 Å². The highest BCUT2D eigenvalue weighted by Crippen LogP contribution is 2.42. The minimum absolute atomic E-state index is 0.00327. The number of methoxy groups -OCH3 is 2. The van der Waals surface area contributed by atoms with E-state index in [9.17, 15) is 9.59 Å². The molecule has 1 aromatic carbocycles. The molecule has 10 heteroatoms. The average molecular weight is 365 g/mol. The maximum Gasteiger partial charge on any atom is 0.361 e. The van der Waals surface area contributed by atoms with Crippen molar-refractivity contribution in [1.29, 1.82) is 0 Å². The van der Waals surface area contributed by atoms with Crippen molar-refractivity contribution in [2.75, 3.05) is 20.8 Å². The van der Waals surface area contributed by atoms with Crippen molar-refractivity contribution in [3.8, 4) is 28.5 Å². The molecule has 26 heavy (non-hydrogen) atoms. The molecule has 0 aliphatic rings. The van der Waals surface area contributed by atoms with Crippen LogP contribution in [0.15, 0.2) is 12.1 Å². The average Bonchev–Trinajstić information content (AvgIpc) is 3.11. The first kappa shape index (κ1) is 19.0. The first-order chi connectivity index (χ1) is 12.4. The van der Waals surface area contributed by atoms with Crippen LogP contribution in [0.3, 0.4) is 0 Å². The highest BCUT2D eigenvalue weighted by atomic mass is 16.6. The number of ether oxygens (including phenoxy) is 4. The molecule has 0 bridgehead atoms. The Labute approximate surface area is 149 Å². The van der Waals surface area contributed by atoms with Crippen LogP contribution in [-0.2, 0) is 9.53 Å². The number of aromatic amines is 1. The van der Waals surface area contributed by atoms with Gasteiger partial charge in [-0.25, -0.2) is 9.59 Å². The fourth-order valence-corrected chi connectivity index (χ4v) is 2.13. The number of esters is 1. The smallest absolute Gasteiger partial charge is 0.361 e. The molecule has 0 fully saturated rings. The highest BCUT2D eigenvalue weighted by molar-refractivity contribution is 5.94. The topological polar surface area (TPSA) is 133 Å². The Kier molecular flexibility index (Phi) is 5.99. The van der Waals surface area contributed by atoms with Crippen LogP contribution in [0, 0.1) is 0 Å². The van der Waals surface area contributed by atoms with Crippen LogP contribution >= 0.6 is 0 Å². The minimum atomic E-state index is -1.14. The van der Waals surface area contributed by atoms with Crippen molar-refractivity contribution < 1.29 is 33.6 Å². The molecule has 1 atom stereocenters. The van der Waals surface area contributed by atoms with Gasteiger partial charge in [0, 0.05) is 5.56 Å². The van der Waals surface area contributed by atoms with Gasteiger partial charge in [-0.15, -0.1) is 5.10 Å². The molecule has 10 nitrogen and oxygen atoms in total. The summed E-state index contributed by atoms with van der Waals surface area (Å²) in [6.45, 7) is 3.25. The van der Waals surface area contributed by atoms with Crippen LogP contribution in [0.2, 0.25) is 0 Å². The fourth-order valence-electron chi connectivity index (χ4n) is 2.13. The van der Waals surface area contributed by atoms with E-state index in [2.05, 4.69) is 15.4 Å². The maximum atomic E-state index is 12.0. The largest absolute Gasteiger partial charge is 0.493 e. The summed E-state index contributed by atoms with van der Waals surface area (Å²) in [6.07, 6.45) is -1.12. The van der Waals surface area contributed by atoms with Crippen molar-refractivity contribution >= 4 is 11.9 Å². The number of benzene rings is 1. The van der Waals surface area contributed by atoms with E-state index in [1.807, 2.05) is 0 Å². The van der Waals surface area contributed by atoms with E-state index >= 15 is 0 Å². The normalized spacial score (nSPS) is 11.5. The summed E-state index contributed by atoms with van der Waals surface area (Å²) in [5, 5.41) is 19.2. The summed E-state index contributed by atoms with van der Waals surface area (Å²) in [7, 11) is 2.79. The van der Waals surface area contributed by atoms with Crippen molar-refractivity contribution in [3.05, 3.63) is 17.8 Å². The standard InChI is InChI=1S/C16H19N3O7/c1-5-25-16(22)13-12(17-19-18-13)9-6-10(23-3)14(11(7-9)24-4)26-8(2)15(20)21/h6-8H,5H2,1-4H3,(H,20,21)(H,17,18,19). The SMILES string of the molecule is CCOC(=O)c1n[nH]nc1-c1cc(OC)c(OC(C)C(=O)O)c(OC)c1. The number of hydrogen-bond donors (Lipinski definition) is 2. The zero-order valence-corrected chi connectivity index (χ0v) is 14.7. The maximum absolute atomic E-state index is 12.0. The molecule has 0 aliphatic carbocycles. The van der Waals surface area contributed by atoms with Gasteiger partial charge >= 0.3 is 11.9 Å². The lowest BCUT2D eigenvalue weighted by Gasteiger charge is -2.17. The van der Waals surface area contributed by atoms with Gasteiger partial charge in [-0.2, -0.15) is 10.3 Å². The zero-order chi connectivity index (χ0) is 19.3. The molecular weight excluding hydrogens is 346 g/mol. The van der Waals surface area contributed by atoms with E-state index in [0.717, 1.165) is 0 Å². The first-order valence-corrected chi connectivity index (χ1v) is 7.66. The molecule has 1 heterocycles. The summed E-state index contributed by atoms with van der Waals surface area (Å²) in [6, 6.07) is 3.07. The van der Waals surface area contributed by atoms with Crippen LogP contribution < -0.4 is 14.2 Å². The lowest BCUT2D eigenvalue weighted by molar-refractivity contribution is -0.144. The van der Waals surface area contributed by atoms with Gasteiger partial charge in [0.1, 0.15) is 5.69 Å². The molecule has 0 amide bonds. The van der Waals surface area contributed by atoms with Crippen LogP contribution in [0.25, 0.3) is 11.3 Å². The van der Waals surface area contributed by atoms with Gasteiger partial charge in [-0.1, -0.05) is 0 Å². The number of aliphatic carboxylic acids is 1. The number of hydrogen-bond acceptors (Lipinski definition) is 8. The number of carbonyl (C=O) groups excluding carboxylic acids is 1. The number of H-pyrrole nitrogens is 1. The van der Waals surface area contributed by atoms with Crippen LogP contribution in [0.5, 0.6) is 17.2 Å². The quantitative estimate of drug-likeness (QED) is 0.668. The van der Waals surface area contributed by atoms with E-state index in [1.54, 1.807) is 6.92 Å². The Morgan fingerprint density at radius 1 is 1.19 bits per heavy atom. The Morgan fingerprint density at radius 3 is 2.31 bits per heavy atom. The number of carbonyl (C=O) groups is 2. The van der Waals surface area contributed by atoms with E-state index in [4.69, 9.17) is 24.1 Å². The summed E-state index contributed by atoms with van der Waals surface area (Å²) >= 11 is 0. The lowest BCUT2D eigenvalue weighted by Crippen LogP contribution is -2.23. The van der Waals surface area contributed by atoms with Crippen molar-refractivity contribution in [2.45, 2.75) is 20.0 Å². The van der Waals surface area contributed by atoms with Gasteiger partial charge in [0.25, 0.3) is 0 Å². The molecule has 2 rings (SSSR count). The molecule has 0 saturated carbocycles. The van der Waals surface area contributed by atoms with Gasteiger partial charge in [-0.05, 0) is 26.0 Å². The highest BCUT2D eigenvalue weighted by Gasteiger charge is 2.24. The van der Waals surface area contributed by atoms with Gasteiger partial charge in [0.2, 0.25) is 5.75 Å². The van der Waals surface area contributed by atoms with Crippen LogP contribution in [0.1, 0.15) is 24.3 Å². The predicted octanol–water partition coefficient (Wildman–Crippen LogP) is 1.52. The summed E-state index contributed by atoms with van der Waals surface area (Å²) in [5.74, 6) is -1.22. The number of aromatic nitrogens is 3. The van der Waals surface area contributed by atoms with Gasteiger partial charge < -0.3 is 24.1 Å². The summed E-state index contributed by atoms with van der Waals surface area (Å²) in [5.41, 5.74) is 0.687. The van der Waals surface area contributed by atoms with Gasteiger partial charge in [-0.3, -0.25) is 0 Å². The van der Waals surface area contributed by atoms with E-state index in [0.29, 0.717) is 5.56 Å². The number of carboxylic acids is 1. The molecule has 140 valence electrons. The third kappa shape index (κ3) is 3.85. The van der Waals surface area contributed by atoms with Gasteiger partial charge in [0.05, 0.1) is 20.8 Å². The second-order valence-electron chi connectivity index (χ2n) is 5.05. The van der Waals surface area contributed by atoms with Crippen LogP contribution in [0.4, 0.5) is 0 Å². The molecule has 2 N–H and O–H groups in total. The number of nitrogens with zero attached hydrogens (tertiary/aromatic N) is 2. The van der Waals surface area contributed by atoms with Gasteiger partial charge in [0.15, 0.2) is 23.3 Å². The van der Waals surface area contributed by atoms with E-state index < -0.39 is 18.0 Å². The molecule has 1 aromatic heterocycles. The number of rotatable bonds is 8. The lowest BCUT2D eigenvalue weighted by atomic mass is 10.1. The Bertz CT molecular complexity index is 778. The Balaban J connectivity index is 2.52. The van der Waals surface area contributed by atoms with E-state index in [1.165, 1.54) is 33.3 Å². The predicted molar refractivity (Wildman–Crippen MR) is 88.6 cm³/mol. The molecule has 0 spiro atoms. The Hall–Kier alpha value is -3.30. The van der Waals surface area contributed by atoms with Crippen LogP contribution in [-0.4, -0.2) is 59.4 Å². The Morgan fingerprint density at radius 2 is 1.81 bits per heavy atom. The molecule has 0 saturated heterocycles. The molecular formula is C16H19N3O7. The molecule has 1 unspecified atom stereocenters.